The van der Waals surface area contributed by atoms with Gasteiger partial charge in [-0.05, 0) is 71.5 Å². The van der Waals surface area contributed by atoms with E-state index in [1.54, 1.807) is 11.7 Å². The zero-order valence-corrected chi connectivity index (χ0v) is 19.5. The van der Waals surface area contributed by atoms with Crippen molar-refractivity contribution >= 4 is 51.3 Å². The average molecular weight is 583 g/mol. The van der Waals surface area contributed by atoms with Gasteiger partial charge in [-0.2, -0.15) is 5.10 Å². The van der Waals surface area contributed by atoms with Crippen LogP contribution in [-0.4, -0.2) is 51.2 Å². The summed E-state index contributed by atoms with van der Waals surface area (Å²) in [5.74, 6) is 0. The van der Waals surface area contributed by atoms with Gasteiger partial charge in [0.05, 0.1) is 16.2 Å². The molecular formula is C18H23I2N3O3. The number of carbonyl (C=O) groups is 1. The maximum Gasteiger partial charge on any atom is 0.410 e. The summed E-state index contributed by atoms with van der Waals surface area (Å²) in [5.41, 5.74) is 0.344. The molecule has 1 amide bonds. The molecule has 0 saturated carbocycles. The molecule has 26 heavy (non-hydrogen) atoms. The summed E-state index contributed by atoms with van der Waals surface area (Å²) in [6.45, 7) is 5.57. The fraction of sp³-hybridized carbons (Fsp3) is 0.444. The number of aliphatic hydroxyl groups excluding tert-OH is 1. The van der Waals surface area contributed by atoms with E-state index >= 15 is 0 Å². The van der Waals surface area contributed by atoms with E-state index in [2.05, 4.69) is 50.3 Å². The average Bonchev–Trinajstić information content (AvgIpc) is 2.85. The summed E-state index contributed by atoms with van der Waals surface area (Å²) in [5, 5.41) is 15.4. The van der Waals surface area contributed by atoms with Crippen LogP contribution in [0.1, 0.15) is 32.4 Å². The Morgan fingerprint density at radius 2 is 1.92 bits per heavy atom. The van der Waals surface area contributed by atoms with E-state index in [0.717, 1.165) is 12.8 Å². The van der Waals surface area contributed by atoms with Crippen LogP contribution in [0.3, 0.4) is 0 Å². The molecule has 0 aliphatic carbocycles. The van der Waals surface area contributed by atoms with Gasteiger partial charge in [0.15, 0.2) is 0 Å². The van der Waals surface area contributed by atoms with Crippen molar-refractivity contribution in [1.82, 2.24) is 14.7 Å². The number of carbonyl (C=O) groups excluding carboxylic acids is 1. The highest BCUT2D eigenvalue weighted by Crippen LogP contribution is 2.25. The number of aliphatic hydroxyl groups is 1. The minimum atomic E-state index is -0.846. The molecule has 0 saturated heterocycles. The first-order valence-electron chi connectivity index (χ1n) is 8.16. The normalized spacial score (nSPS) is 14.0. The van der Waals surface area contributed by atoms with Crippen molar-refractivity contribution in [1.29, 1.82) is 0 Å². The van der Waals surface area contributed by atoms with E-state index in [1.165, 1.54) is 4.90 Å². The molecule has 2 unspecified atom stereocenters. The second kappa shape index (κ2) is 8.87. The Morgan fingerprint density at radius 3 is 2.42 bits per heavy atom. The summed E-state index contributed by atoms with van der Waals surface area (Å²) in [6.07, 6.45) is 0.589. The minimum Gasteiger partial charge on any atom is -0.444 e. The van der Waals surface area contributed by atoms with Crippen molar-refractivity contribution in [3.05, 3.63) is 49.4 Å². The summed E-state index contributed by atoms with van der Waals surface area (Å²) < 4.78 is 9.01. The first-order chi connectivity index (χ1) is 12.1. The van der Waals surface area contributed by atoms with Crippen LogP contribution in [0.15, 0.2) is 36.5 Å². The van der Waals surface area contributed by atoms with Crippen LogP contribution in [0.4, 0.5) is 4.79 Å². The van der Waals surface area contributed by atoms with Gasteiger partial charge < -0.3 is 14.7 Å². The van der Waals surface area contributed by atoms with Crippen molar-refractivity contribution in [3.63, 3.8) is 0 Å². The maximum atomic E-state index is 12.2. The van der Waals surface area contributed by atoms with E-state index in [1.807, 2.05) is 57.3 Å². The highest BCUT2D eigenvalue weighted by molar-refractivity contribution is 14.1. The highest BCUT2D eigenvalue weighted by atomic mass is 127. The van der Waals surface area contributed by atoms with Crippen LogP contribution in [-0.2, 0) is 4.74 Å². The standard InChI is InChI=1S/C18H23I2N3O3/c1-18(2,3)26-17(25)22(4)11-14(24)15(12-8-6-5-7-9-12)23-10-13(19)16(20)21-23/h5-10,14-15,24H,11H2,1-4H3. The molecule has 1 aromatic heterocycles. The van der Waals surface area contributed by atoms with Crippen LogP contribution in [0.2, 0.25) is 0 Å². The molecule has 8 heteroatoms. The number of likely N-dealkylation sites (N-methyl/N-ethyl adjacent to an activating group) is 1. The third-order valence-corrected chi connectivity index (χ3v) is 6.22. The fourth-order valence-corrected chi connectivity index (χ4v) is 3.27. The van der Waals surface area contributed by atoms with Gasteiger partial charge in [-0.25, -0.2) is 4.79 Å². The Balaban J connectivity index is 2.24. The molecule has 2 aromatic rings. The van der Waals surface area contributed by atoms with E-state index < -0.39 is 23.8 Å². The van der Waals surface area contributed by atoms with Crippen LogP contribution in [0.5, 0.6) is 0 Å². The van der Waals surface area contributed by atoms with Crippen LogP contribution < -0.4 is 0 Å². The fourth-order valence-electron chi connectivity index (χ4n) is 2.49. The van der Waals surface area contributed by atoms with Crippen LogP contribution >= 0.6 is 45.2 Å². The molecule has 1 heterocycles. The molecule has 0 radical (unpaired) electrons. The number of aromatic nitrogens is 2. The SMILES string of the molecule is CN(CC(O)C(c1ccccc1)n1cc(I)c(I)n1)C(=O)OC(C)(C)C. The monoisotopic (exact) mass is 583 g/mol. The second-order valence-electron chi connectivity index (χ2n) is 7.03. The molecule has 0 aliphatic heterocycles. The molecule has 1 aromatic carbocycles. The largest absolute Gasteiger partial charge is 0.444 e. The predicted molar refractivity (Wildman–Crippen MR) is 117 cm³/mol. The van der Waals surface area contributed by atoms with Crippen molar-refractivity contribution in [2.24, 2.45) is 0 Å². The van der Waals surface area contributed by atoms with Gasteiger partial charge >= 0.3 is 6.09 Å². The lowest BCUT2D eigenvalue weighted by atomic mass is 10.0. The van der Waals surface area contributed by atoms with E-state index in [0.29, 0.717) is 0 Å². The zero-order chi connectivity index (χ0) is 19.5. The van der Waals surface area contributed by atoms with Crippen LogP contribution in [0, 0.1) is 7.27 Å². The van der Waals surface area contributed by atoms with Crippen LogP contribution in [0.25, 0.3) is 0 Å². The lowest BCUT2D eigenvalue weighted by Gasteiger charge is -2.29. The Hall–Kier alpha value is -0.880. The molecule has 0 bridgehead atoms. The molecule has 0 aliphatic rings. The van der Waals surface area contributed by atoms with Crippen molar-refractivity contribution < 1.29 is 14.6 Å². The number of halogens is 2. The van der Waals surface area contributed by atoms with Gasteiger partial charge in [0.2, 0.25) is 0 Å². The van der Waals surface area contributed by atoms with Gasteiger partial charge in [0, 0.05) is 13.2 Å². The van der Waals surface area contributed by atoms with E-state index in [4.69, 9.17) is 4.74 Å². The first kappa shape index (κ1) is 21.4. The number of amides is 1. The number of rotatable bonds is 5. The van der Waals surface area contributed by atoms with Gasteiger partial charge in [-0.3, -0.25) is 4.68 Å². The Morgan fingerprint density at radius 1 is 1.31 bits per heavy atom. The molecule has 0 spiro atoms. The molecule has 6 nitrogen and oxygen atoms in total. The lowest BCUT2D eigenvalue weighted by molar-refractivity contribution is 0.0160. The van der Waals surface area contributed by atoms with Crippen molar-refractivity contribution in [2.45, 2.75) is 38.5 Å². The summed E-state index contributed by atoms with van der Waals surface area (Å²) in [7, 11) is 1.62. The summed E-state index contributed by atoms with van der Waals surface area (Å²) in [6, 6.07) is 9.26. The highest BCUT2D eigenvalue weighted by Gasteiger charge is 2.28. The minimum absolute atomic E-state index is 0.126. The number of hydrogen-bond acceptors (Lipinski definition) is 4. The van der Waals surface area contributed by atoms with Gasteiger partial charge in [0.25, 0.3) is 0 Å². The molecule has 142 valence electrons. The van der Waals surface area contributed by atoms with Crippen molar-refractivity contribution in [3.8, 4) is 0 Å². The molecule has 2 atom stereocenters. The van der Waals surface area contributed by atoms with Gasteiger partial charge in [-0.15, -0.1) is 0 Å². The summed E-state index contributed by atoms with van der Waals surface area (Å²) >= 11 is 4.38. The van der Waals surface area contributed by atoms with Crippen molar-refractivity contribution in [2.75, 3.05) is 13.6 Å². The second-order valence-corrected chi connectivity index (χ2v) is 9.22. The number of benzene rings is 1. The quantitative estimate of drug-likeness (QED) is 0.543. The van der Waals surface area contributed by atoms with E-state index in [-0.39, 0.29) is 6.54 Å². The number of hydrogen-bond donors (Lipinski definition) is 1. The number of nitrogens with zero attached hydrogens (tertiary/aromatic N) is 3. The molecular weight excluding hydrogens is 560 g/mol. The molecule has 1 N–H and O–H groups in total. The van der Waals surface area contributed by atoms with Gasteiger partial charge in [0.1, 0.15) is 15.3 Å². The molecule has 2 rings (SSSR count). The maximum absolute atomic E-state index is 12.2. The lowest BCUT2D eigenvalue weighted by Crippen LogP contribution is -2.41. The smallest absolute Gasteiger partial charge is 0.410 e. The Labute approximate surface area is 181 Å². The third kappa shape index (κ3) is 5.81. The molecule has 0 fully saturated rings. The zero-order valence-electron chi connectivity index (χ0n) is 15.2. The first-order valence-corrected chi connectivity index (χ1v) is 10.3. The Bertz CT molecular complexity index is 724. The third-order valence-electron chi connectivity index (χ3n) is 3.60. The predicted octanol–water partition coefficient (Wildman–Crippen LogP) is 3.91. The van der Waals surface area contributed by atoms with Gasteiger partial charge in [-0.1, -0.05) is 30.3 Å². The number of ether oxygens (including phenoxy) is 1. The summed E-state index contributed by atoms with van der Waals surface area (Å²) in [4.78, 5) is 13.6. The topological polar surface area (TPSA) is 67.6 Å². The van der Waals surface area contributed by atoms with E-state index in [9.17, 15) is 9.90 Å². The Kier molecular flexibility index (Phi) is 7.31.